The minimum absolute atomic E-state index is 0.312. The van der Waals surface area contributed by atoms with E-state index in [0.29, 0.717) is 6.07 Å². The lowest BCUT2D eigenvalue weighted by atomic mass is 10.3. The van der Waals surface area contributed by atoms with Gasteiger partial charge in [0.05, 0.1) is 5.56 Å². The summed E-state index contributed by atoms with van der Waals surface area (Å²) in [6, 6.07) is 0.522. The van der Waals surface area contributed by atoms with Crippen molar-refractivity contribution in [1.29, 1.82) is 0 Å². The van der Waals surface area contributed by atoms with Crippen molar-refractivity contribution in [1.82, 2.24) is 4.98 Å². The van der Waals surface area contributed by atoms with Crippen molar-refractivity contribution in [2.24, 2.45) is 0 Å². The van der Waals surface area contributed by atoms with Gasteiger partial charge in [-0.3, -0.25) is 0 Å². The zero-order chi connectivity index (χ0) is 15.0. The molecule has 0 fully saturated rings. The fourth-order valence-corrected chi connectivity index (χ4v) is 1.99. The number of nitro groups is 1. The first kappa shape index (κ1) is 15.4. The Labute approximate surface area is 108 Å². The van der Waals surface area contributed by atoms with Crippen molar-refractivity contribution in [2.75, 3.05) is 0 Å². The second kappa shape index (κ2) is 4.81. The van der Waals surface area contributed by atoms with Gasteiger partial charge in [-0.2, -0.15) is 0 Å². The van der Waals surface area contributed by atoms with E-state index in [1.54, 1.807) is 0 Å². The van der Waals surface area contributed by atoms with Crippen LogP contribution in [0.1, 0.15) is 5.56 Å². The van der Waals surface area contributed by atoms with Crippen molar-refractivity contribution in [3.05, 3.63) is 21.7 Å². The van der Waals surface area contributed by atoms with Crippen LogP contribution in [0.5, 0.6) is 5.75 Å². The van der Waals surface area contributed by atoms with Crippen LogP contribution in [0, 0.1) is 17.0 Å². The van der Waals surface area contributed by atoms with Gasteiger partial charge in [0.1, 0.15) is 0 Å². The number of pyridine rings is 1. The van der Waals surface area contributed by atoms with Crippen molar-refractivity contribution in [3.63, 3.8) is 0 Å². The van der Waals surface area contributed by atoms with Gasteiger partial charge in [0.2, 0.25) is 0 Å². The van der Waals surface area contributed by atoms with E-state index in [1.165, 1.54) is 0 Å². The van der Waals surface area contributed by atoms with Gasteiger partial charge in [0, 0.05) is 10.7 Å². The molecule has 0 unspecified atom stereocenters. The van der Waals surface area contributed by atoms with Crippen molar-refractivity contribution in [3.8, 4) is 5.75 Å². The molecule has 0 saturated carbocycles. The third-order valence-corrected chi connectivity index (χ3v) is 2.94. The Kier molecular flexibility index (Phi) is 3.91. The average molecular weight is 321 g/mol. The SMILES string of the molecule is Cc1cc(OC(F)(F)F)c(S(=O)(=O)Cl)nc1[N+](=O)[O-]. The van der Waals surface area contributed by atoms with Gasteiger partial charge in [-0.25, -0.2) is 8.42 Å². The maximum atomic E-state index is 12.1. The fourth-order valence-electron chi connectivity index (χ4n) is 1.12. The Morgan fingerprint density at radius 1 is 1.47 bits per heavy atom. The molecule has 0 radical (unpaired) electrons. The topological polar surface area (TPSA) is 99.4 Å². The summed E-state index contributed by atoms with van der Waals surface area (Å²) in [5.74, 6) is -2.17. The highest BCUT2D eigenvalue weighted by atomic mass is 35.7. The van der Waals surface area contributed by atoms with E-state index < -0.39 is 36.9 Å². The molecule has 1 heterocycles. The third kappa shape index (κ3) is 3.92. The standard InChI is InChI=1S/C7H4ClF3N2O5S/c1-3-2-4(18-7(9,10)11)6(19(8,16)17)12-5(3)13(14)15/h2H,1H3. The zero-order valence-electron chi connectivity index (χ0n) is 8.93. The number of hydrogen-bond donors (Lipinski definition) is 0. The van der Waals surface area contributed by atoms with Crippen molar-refractivity contribution >= 4 is 25.6 Å². The number of rotatable bonds is 3. The monoisotopic (exact) mass is 320 g/mol. The number of aromatic nitrogens is 1. The van der Waals surface area contributed by atoms with Gasteiger partial charge in [-0.05, 0) is 22.9 Å². The first-order valence-electron chi connectivity index (χ1n) is 4.28. The van der Waals surface area contributed by atoms with E-state index in [2.05, 4.69) is 9.72 Å². The molecule has 1 aromatic rings. The largest absolute Gasteiger partial charge is 0.573 e. The van der Waals surface area contributed by atoms with Gasteiger partial charge in [0.25, 0.3) is 0 Å². The summed E-state index contributed by atoms with van der Waals surface area (Å²) in [4.78, 5) is 12.5. The van der Waals surface area contributed by atoms with Crippen LogP contribution in [0.3, 0.4) is 0 Å². The lowest BCUT2D eigenvalue weighted by Crippen LogP contribution is -2.19. The van der Waals surface area contributed by atoms with E-state index >= 15 is 0 Å². The quantitative estimate of drug-likeness (QED) is 0.480. The molecule has 0 spiro atoms. The lowest BCUT2D eigenvalue weighted by molar-refractivity contribution is -0.390. The zero-order valence-corrected chi connectivity index (χ0v) is 10.5. The Morgan fingerprint density at radius 3 is 2.37 bits per heavy atom. The van der Waals surface area contributed by atoms with Gasteiger partial charge in [-0.15, -0.1) is 13.2 Å². The summed E-state index contributed by atoms with van der Waals surface area (Å²) in [7, 11) is 0.114. The summed E-state index contributed by atoms with van der Waals surface area (Å²) >= 11 is 0. The fraction of sp³-hybridized carbons (Fsp3) is 0.286. The van der Waals surface area contributed by atoms with Crippen LogP contribution in [0.2, 0.25) is 0 Å². The third-order valence-electron chi connectivity index (χ3n) is 1.75. The summed E-state index contributed by atoms with van der Waals surface area (Å²) in [5.41, 5.74) is -0.312. The molecule has 0 aliphatic rings. The van der Waals surface area contributed by atoms with Gasteiger partial charge < -0.3 is 14.9 Å². The smallest absolute Gasteiger partial charge is 0.400 e. The van der Waals surface area contributed by atoms with Crippen molar-refractivity contribution < 1.29 is 31.2 Å². The van der Waals surface area contributed by atoms with Crippen LogP contribution in [0.4, 0.5) is 19.0 Å². The molecule has 19 heavy (non-hydrogen) atoms. The number of aryl methyl sites for hydroxylation is 1. The normalized spacial score (nSPS) is 12.3. The second-order valence-electron chi connectivity index (χ2n) is 3.17. The van der Waals surface area contributed by atoms with E-state index in [9.17, 15) is 31.7 Å². The van der Waals surface area contributed by atoms with Crippen LogP contribution in [-0.4, -0.2) is 24.7 Å². The molecule has 106 valence electrons. The van der Waals surface area contributed by atoms with Gasteiger partial charge in [0.15, 0.2) is 5.75 Å². The minimum atomic E-state index is -5.19. The van der Waals surface area contributed by atoms with Crippen LogP contribution in [0.15, 0.2) is 11.1 Å². The van der Waals surface area contributed by atoms with Crippen LogP contribution in [-0.2, 0) is 9.05 Å². The first-order valence-corrected chi connectivity index (χ1v) is 6.59. The molecule has 1 rings (SSSR count). The molecule has 0 saturated heterocycles. The molecule has 0 atom stereocenters. The molecule has 0 aliphatic carbocycles. The molecular formula is C7H4ClF3N2O5S. The van der Waals surface area contributed by atoms with E-state index in [4.69, 9.17) is 10.7 Å². The highest BCUT2D eigenvalue weighted by Gasteiger charge is 2.38. The van der Waals surface area contributed by atoms with Crippen molar-refractivity contribution in [2.45, 2.75) is 18.3 Å². The first-order chi connectivity index (χ1) is 8.42. The summed E-state index contributed by atoms with van der Waals surface area (Å²) < 4.78 is 61.8. The molecular weight excluding hydrogens is 317 g/mol. The number of alkyl halides is 3. The predicted octanol–water partition coefficient (Wildman–Crippen LogP) is 2.12. The van der Waals surface area contributed by atoms with E-state index in [1.807, 2.05) is 0 Å². The van der Waals surface area contributed by atoms with E-state index in [0.717, 1.165) is 6.92 Å². The van der Waals surface area contributed by atoms with Gasteiger partial charge in [-0.1, -0.05) is 0 Å². The predicted molar refractivity (Wildman–Crippen MR) is 55.4 cm³/mol. The Morgan fingerprint density at radius 2 is 2.00 bits per heavy atom. The molecule has 0 aliphatic heterocycles. The minimum Gasteiger partial charge on any atom is -0.400 e. The molecule has 12 heteroatoms. The lowest BCUT2D eigenvalue weighted by Gasteiger charge is -2.09. The Bertz CT molecular complexity index is 630. The van der Waals surface area contributed by atoms with Crippen LogP contribution in [0.25, 0.3) is 0 Å². The Hall–Kier alpha value is -1.62. The molecule has 0 bridgehead atoms. The van der Waals surface area contributed by atoms with E-state index in [-0.39, 0.29) is 5.56 Å². The maximum absolute atomic E-state index is 12.1. The van der Waals surface area contributed by atoms with Crippen LogP contribution >= 0.6 is 10.7 Å². The van der Waals surface area contributed by atoms with Gasteiger partial charge >= 0.3 is 26.3 Å². The molecule has 1 aromatic heterocycles. The summed E-state index contributed by atoms with van der Waals surface area (Å²) in [6.45, 7) is 1.07. The number of hydrogen-bond acceptors (Lipinski definition) is 6. The Balaban J connectivity index is 3.55. The van der Waals surface area contributed by atoms with Crippen LogP contribution < -0.4 is 4.74 Å². The summed E-state index contributed by atoms with van der Waals surface area (Å²) in [5, 5.41) is 9.17. The molecule has 0 aromatic carbocycles. The summed E-state index contributed by atoms with van der Waals surface area (Å²) in [6.07, 6.45) is -5.19. The number of nitrogens with zero attached hydrogens (tertiary/aromatic N) is 2. The number of halogens is 4. The molecule has 7 nitrogen and oxygen atoms in total. The molecule has 0 N–H and O–H groups in total. The average Bonchev–Trinajstić information content (AvgIpc) is 2.11. The molecule has 0 amide bonds. The second-order valence-corrected chi connectivity index (χ2v) is 5.66. The maximum Gasteiger partial charge on any atom is 0.573 e. The number of ether oxygens (including phenoxy) is 1. The highest BCUT2D eigenvalue weighted by molar-refractivity contribution is 8.13. The highest BCUT2D eigenvalue weighted by Crippen LogP contribution is 2.33.